The van der Waals surface area contributed by atoms with E-state index in [0.717, 1.165) is 17.3 Å². The monoisotopic (exact) mass is 278 g/mol. The lowest BCUT2D eigenvalue weighted by atomic mass is 10.1. The van der Waals surface area contributed by atoms with Gasteiger partial charge in [0.1, 0.15) is 0 Å². The van der Waals surface area contributed by atoms with Crippen molar-refractivity contribution >= 4 is 23.7 Å². The summed E-state index contributed by atoms with van der Waals surface area (Å²) >= 11 is 1.11. The first-order valence-electron chi connectivity index (χ1n) is 5.65. The van der Waals surface area contributed by atoms with E-state index in [4.69, 9.17) is 10.8 Å². The fraction of sp³-hybridized carbons (Fsp3) is 0.250. The van der Waals surface area contributed by atoms with Crippen LogP contribution in [0, 0.1) is 6.92 Å². The molecule has 0 saturated carbocycles. The van der Waals surface area contributed by atoms with Gasteiger partial charge in [0.05, 0.1) is 12.3 Å². The van der Waals surface area contributed by atoms with Gasteiger partial charge in [-0.25, -0.2) is 0 Å². The smallest absolute Gasteiger partial charge is 0.313 e. The largest absolute Gasteiger partial charge is 0.481 e. The number of nitrogens with two attached hydrogens (primary N) is 1. The van der Waals surface area contributed by atoms with Gasteiger partial charge in [0.2, 0.25) is 5.95 Å². The zero-order valence-corrected chi connectivity index (χ0v) is 11.2. The summed E-state index contributed by atoms with van der Waals surface area (Å²) in [5.41, 5.74) is 8.00. The normalized spacial score (nSPS) is 10.6. The molecular weight excluding hydrogens is 264 g/mol. The number of benzene rings is 1. The first-order chi connectivity index (χ1) is 9.06. The highest BCUT2D eigenvalue weighted by Gasteiger charge is 2.12. The summed E-state index contributed by atoms with van der Waals surface area (Å²) < 4.78 is 1.71. The van der Waals surface area contributed by atoms with Crippen molar-refractivity contribution < 1.29 is 9.90 Å². The van der Waals surface area contributed by atoms with E-state index in [2.05, 4.69) is 10.2 Å². The number of aliphatic carboxylic acids is 1. The minimum Gasteiger partial charge on any atom is -0.481 e. The summed E-state index contributed by atoms with van der Waals surface area (Å²) in [5.74, 6) is -0.673. The highest BCUT2D eigenvalue weighted by molar-refractivity contribution is 7.99. The molecule has 0 aliphatic carbocycles. The molecule has 1 heterocycles. The van der Waals surface area contributed by atoms with Crippen molar-refractivity contribution in [1.82, 2.24) is 14.8 Å². The molecule has 0 bridgehead atoms. The maximum Gasteiger partial charge on any atom is 0.313 e. The van der Waals surface area contributed by atoms with Crippen molar-refractivity contribution in [2.75, 3.05) is 11.5 Å². The van der Waals surface area contributed by atoms with E-state index < -0.39 is 5.97 Å². The van der Waals surface area contributed by atoms with Crippen LogP contribution in [0.1, 0.15) is 11.1 Å². The fourth-order valence-electron chi connectivity index (χ4n) is 1.56. The molecule has 0 atom stereocenters. The van der Waals surface area contributed by atoms with Crippen molar-refractivity contribution in [3.63, 3.8) is 0 Å². The Morgan fingerprint density at radius 1 is 1.37 bits per heavy atom. The number of rotatable bonds is 5. The van der Waals surface area contributed by atoms with Gasteiger partial charge in [-0.3, -0.25) is 9.36 Å². The van der Waals surface area contributed by atoms with Crippen LogP contribution in [0.5, 0.6) is 0 Å². The van der Waals surface area contributed by atoms with Gasteiger partial charge in [-0.05, 0) is 12.5 Å². The molecular formula is C12H14N4O2S. The Kier molecular flexibility index (Phi) is 4.06. The first-order valence-corrected chi connectivity index (χ1v) is 6.63. The van der Waals surface area contributed by atoms with Crippen molar-refractivity contribution in [1.29, 1.82) is 0 Å². The van der Waals surface area contributed by atoms with E-state index >= 15 is 0 Å². The highest BCUT2D eigenvalue weighted by Crippen LogP contribution is 2.19. The predicted octanol–water partition coefficient (Wildman–Crippen LogP) is 1.39. The third-order valence-electron chi connectivity index (χ3n) is 2.53. The third kappa shape index (κ3) is 3.47. The Balaban J connectivity index is 2.16. The van der Waals surface area contributed by atoms with Crippen molar-refractivity contribution in [2.45, 2.75) is 18.6 Å². The summed E-state index contributed by atoms with van der Waals surface area (Å²) in [5, 5.41) is 16.9. The summed E-state index contributed by atoms with van der Waals surface area (Å²) in [4.78, 5) is 10.6. The van der Waals surface area contributed by atoms with Gasteiger partial charge >= 0.3 is 5.97 Å². The minimum atomic E-state index is -0.895. The number of anilines is 1. The van der Waals surface area contributed by atoms with Gasteiger partial charge in [-0.15, -0.1) is 10.2 Å². The summed E-state index contributed by atoms with van der Waals surface area (Å²) in [7, 11) is 0. The van der Waals surface area contributed by atoms with E-state index in [1.165, 1.54) is 5.56 Å². The van der Waals surface area contributed by atoms with Crippen molar-refractivity contribution in [3.8, 4) is 0 Å². The lowest BCUT2D eigenvalue weighted by Crippen LogP contribution is -2.07. The summed E-state index contributed by atoms with van der Waals surface area (Å²) in [6.45, 7) is 2.55. The molecule has 0 aliphatic heterocycles. The number of hydrogen-bond donors (Lipinski definition) is 2. The molecule has 6 nitrogen and oxygen atoms in total. The predicted molar refractivity (Wildman–Crippen MR) is 73.1 cm³/mol. The van der Waals surface area contributed by atoms with Crippen LogP contribution in [0.3, 0.4) is 0 Å². The van der Waals surface area contributed by atoms with Gasteiger partial charge in [-0.2, -0.15) is 0 Å². The van der Waals surface area contributed by atoms with E-state index in [1.807, 2.05) is 31.2 Å². The van der Waals surface area contributed by atoms with Crippen molar-refractivity contribution in [2.24, 2.45) is 0 Å². The van der Waals surface area contributed by atoms with Gasteiger partial charge in [0.15, 0.2) is 5.16 Å². The lowest BCUT2D eigenvalue weighted by molar-refractivity contribution is -0.133. The summed E-state index contributed by atoms with van der Waals surface area (Å²) in [6, 6.07) is 8.03. The molecule has 3 N–H and O–H groups in total. The Morgan fingerprint density at radius 2 is 2.05 bits per heavy atom. The molecule has 100 valence electrons. The van der Waals surface area contributed by atoms with E-state index in [9.17, 15) is 4.79 Å². The average molecular weight is 278 g/mol. The molecule has 1 aromatic heterocycles. The quantitative estimate of drug-likeness (QED) is 0.803. The van der Waals surface area contributed by atoms with Crippen LogP contribution in [-0.4, -0.2) is 31.6 Å². The topological polar surface area (TPSA) is 94.0 Å². The fourth-order valence-corrected chi connectivity index (χ4v) is 2.22. The standard InChI is InChI=1S/C12H14N4O2S/c1-8-2-4-9(5-3-8)6-16-11(13)14-15-12(16)19-7-10(17)18/h2-5H,6-7H2,1H3,(H2,13,14)(H,17,18). The van der Waals surface area contributed by atoms with Crippen LogP contribution >= 0.6 is 11.8 Å². The van der Waals surface area contributed by atoms with Gasteiger partial charge in [0.25, 0.3) is 0 Å². The van der Waals surface area contributed by atoms with E-state index in [1.54, 1.807) is 4.57 Å². The Bertz CT molecular complexity index is 580. The van der Waals surface area contributed by atoms with Crippen LogP contribution in [0.2, 0.25) is 0 Å². The number of thioether (sulfide) groups is 1. The molecule has 0 amide bonds. The van der Waals surface area contributed by atoms with E-state index in [0.29, 0.717) is 11.7 Å². The Hall–Kier alpha value is -2.02. The van der Waals surface area contributed by atoms with Gasteiger partial charge in [-0.1, -0.05) is 41.6 Å². The van der Waals surface area contributed by atoms with Crippen molar-refractivity contribution in [3.05, 3.63) is 35.4 Å². The Morgan fingerprint density at radius 3 is 2.68 bits per heavy atom. The van der Waals surface area contributed by atoms with Crippen LogP contribution in [-0.2, 0) is 11.3 Å². The van der Waals surface area contributed by atoms with Gasteiger partial charge < -0.3 is 10.8 Å². The molecule has 2 aromatic rings. The Labute approximate surface area is 114 Å². The highest BCUT2D eigenvalue weighted by atomic mass is 32.2. The maximum atomic E-state index is 10.6. The first kappa shape index (κ1) is 13.4. The minimum absolute atomic E-state index is 0.0635. The molecule has 7 heteroatoms. The third-order valence-corrected chi connectivity index (χ3v) is 3.48. The molecule has 0 fully saturated rings. The number of nitrogen functional groups attached to an aromatic ring is 1. The SMILES string of the molecule is Cc1ccc(Cn2c(N)nnc2SCC(=O)O)cc1. The summed E-state index contributed by atoms with van der Waals surface area (Å²) in [6.07, 6.45) is 0. The number of hydrogen-bond acceptors (Lipinski definition) is 5. The molecule has 2 rings (SSSR count). The molecule has 1 aromatic carbocycles. The molecule has 0 aliphatic rings. The second-order valence-corrected chi connectivity index (χ2v) is 5.04. The molecule has 0 unspecified atom stereocenters. The van der Waals surface area contributed by atoms with Crippen LogP contribution in [0.4, 0.5) is 5.95 Å². The van der Waals surface area contributed by atoms with E-state index in [-0.39, 0.29) is 11.7 Å². The second-order valence-electron chi connectivity index (χ2n) is 4.09. The van der Waals surface area contributed by atoms with Crippen LogP contribution in [0.25, 0.3) is 0 Å². The molecule has 0 saturated heterocycles. The second kappa shape index (κ2) is 5.75. The lowest BCUT2D eigenvalue weighted by Gasteiger charge is -2.07. The number of carboxylic acid groups (broad SMARTS) is 1. The zero-order chi connectivity index (χ0) is 13.8. The number of carboxylic acids is 1. The number of aryl methyl sites for hydroxylation is 1. The maximum absolute atomic E-state index is 10.6. The number of aromatic nitrogens is 3. The van der Waals surface area contributed by atoms with Crippen LogP contribution < -0.4 is 5.73 Å². The molecule has 0 spiro atoms. The number of nitrogens with zero attached hydrogens (tertiary/aromatic N) is 3. The zero-order valence-electron chi connectivity index (χ0n) is 10.4. The van der Waals surface area contributed by atoms with Crippen LogP contribution in [0.15, 0.2) is 29.4 Å². The number of carbonyl (C=O) groups is 1. The molecule has 19 heavy (non-hydrogen) atoms. The molecule has 0 radical (unpaired) electrons. The average Bonchev–Trinajstić information content (AvgIpc) is 2.71. The van der Waals surface area contributed by atoms with Gasteiger partial charge in [0, 0.05) is 0 Å².